The number of carbonyl (C=O) groups is 1. The molecule has 30 heavy (non-hydrogen) atoms. The number of rotatable bonds is 6. The van der Waals surface area contributed by atoms with Gasteiger partial charge in [-0.2, -0.15) is 0 Å². The quantitative estimate of drug-likeness (QED) is 0.612. The summed E-state index contributed by atoms with van der Waals surface area (Å²) in [6.07, 6.45) is 0.778. The minimum absolute atomic E-state index is 0.0572. The molecule has 0 N–H and O–H groups in total. The Kier molecular flexibility index (Phi) is 5.35. The lowest BCUT2D eigenvalue weighted by molar-refractivity contribution is 0.0989. The summed E-state index contributed by atoms with van der Waals surface area (Å²) in [5.41, 5.74) is 4.28. The Hall–Kier alpha value is -3.48. The molecule has 4 rings (SSSR count). The molecule has 0 bridgehead atoms. The standard InChI is InChI=1S/C23H24N2O5/c1-14-19(15(2)30-24-14)13-29-18-7-5-16(6-8-18)23(26)25-10-9-17-11-21(27-3)22(28-4)12-20(17)25/h5-8,11-12H,9-10,13H2,1-4H3. The lowest BCUT2D eigenvalue weighted by Gasteiger charge is -2.19. The van der Waals surface area contributed by atoms with Crippen molar-refractivity contribution in [3.05, 3.63) is 64.5 Å². The lowest BCUT2D eigenvalue weighted by Crippen LogP contribution is -2.28. The van der Waals surface area contributed by atoms with Crippen LogP contribution in [0.1, 0.15) is 32.9 Å². The van der Waals surface area contributed by atoms with E-state index < -0.39 is 0 Å². The van der Waals surface area contributed by atoms with Crippen LogP contribution in [0.2, 0.25) is 0 Å². The molecule has 0 unspecified atom stereocenters. The Bertz CT molecular complexity index is 1050. The molecule has 2 aromatic carbocycles. The van der Waals surface area contributed by atoms with Crippen LogP contribution in [0, 0.1) is 13.8 Å². The van der Waals surface area contributed by atoms with Crippen LogP contribution in [0.15, 0.2) is 40.9 Å². The SMILES string of the molecule is COc1cc2c(cc1OC)N(C(=O)c1ccc(OCc3c(C)noc3C)cc1)CC2. The van der Waals surface area contributed by atoms with Gasteiger partial charge in [0.1, 0.15) is 18.1 Å². The fraction of sp³-hybridized carbons (Fsp3) is 0.304. The van der Waals surface area contributed by atoms with E-state index in [0.717, 1.165) is 34.7 Å². The summed E-state index contributed by atoms with van der Waals surface area (Å²) in [6, 6.07) is 11.0. The molecule has 156 valence electrons. The largest absolute Gasteiger partial charge is 0.493 e. The van der Waals surface area contributed by atoms with E-state index in [1.54, 1.807) is 43.4 Å². The smallest absolute Gasteiger partial charge is 0.258 e. The van der Waals surface area contributed by atoms with Crippen LogP contribution >= 0.6 is 0 Å². The van der Waals surface area contributed by atoms with Crippen molar-refractivity contribution < 1.29 is 23.5 Å². The third kappa shape index (κ3) is 3.58. The Morgan fingerprint density at radius 1 is 1.10 bits per heavy atom. The molecule has 3 aromatic rings. The van der Waals surface area contributed by atoms with E-state index >= 15 is 0 Å². The predicted molar refractivity (Wildman–Crippen MR) is 112 cm³/mol. The van der Waals surface area contributed by atoms with Crippen molar-refractivity contribution >= 4 is 11.6 Å². The van der Waals surface area contributed by atoms with E-state index in [1.807, 2.05) is 26.0 Å². The maximum absolute atomic E-state index is 13.1. The van der Waals surface area contributed by atoms with Crippen LogP contribution < -0.4 is 19.1 Å². The number of aryl methyl sites for hydroxylation is 2. The van der Waals surface area contributed by atoms with Gasteiger partial charge >= 0.3 is 0 Å². The van der Waals surface area contributed by atoms with Gasteiger partial charge in [0.15, 0.2) is 11.5 Å². The molecule has 1 aliphatic heterocycles. The van der Waals surface area contributed by atoms with Gasteiger partial charge in [-0.3, -0.25) is 4.79 Å². The van der Waals surface area contributed by atoms with Crippen LogP contribution in [0.4, 0.5) is 5.69 Å². The molecule has 7 nitrogen and oxygen atoms in total. The molecular weight excluding hydrogens is 384 g/mol. The van der Waals surface area contributed by atoms with Gasteiger partial charge in [-0.05, 0) is 56.2 Å². The van der Waals surface area contributed by atoms with Gasteiger partial charge in [0.05, 0.1) is 31.2 Å². The topological polar surface area (TPSA) is 74.0 Å². The Balaban J connectivity index is 1.49. The lowest BCUT2D eigenvalue weighted by atomic mass is 10.1. The number of ether oxygens (including phenoxy) is 3. The van der Waals surface area contributed by atoms with E-state index in [4.69, 9.17) is 18.7 Å². The van der Waals surface area contributed by atoms with Gasteiger partial charge in [-0.25, -0.2) is 0 Å². The minimum Gasteiger partial charge on any atom is -0.493 e. The second-order valence-corrected chi connectivity index (χ2v) is 7.16. The molecule has 1 aromatic heterocycles. The molecule has 0 radical (unpaired) electrons. The third-order valence-corrected chi connectivity index (χ3v) is 5.39. The number of methoxy groups -OCH3 is 2. The summed E-state index contributed by atoms with van der Waals surface area (Å²) in [6.45, 7) is 4.73. The molecule has 0 saturated heterocycles. The van der Waals surface area contributed by atoms with Crippen molar-refractivity contribution in [2.45, 2.75) is 26.9 Å². The third-order valence-electron chi connectivity index (χ3n) is 5.39. The van der Waals surface area contributed by atoms with E-state index in [9.17, 15) is 4.79 Å². The molecular formula is C23H24N2O5. The zero-order valence-electron chi connectivity index (χ0n) is 17.5. The molecule has 1 aliphatic rings. The molecule has 0 saturated carbocycles. The van der Waals surface area contributed by atoms with Gasteiger partial charge in [0, 0.05) is 18.2 Å². The van der Waals surface area contributed by atoms with Crippen LogP contribution in [0.5, 0.6) is 17.2 Å². The van der Waals surface area contributed by atoms with Crippen LogP contribution in [-0.2, 0) is 13.0 Å². The highest BCUT2D eigenvalue weighted by Crippen LogP contribution is 2.39. The monoisotopic (exact) mass is 408 g/mol. The average Bonchev–Trinajstić information content (AvgIpc) is 3.33. The fourth-order valence-corrected chi connectivity index (χ4v) is 3.64. The first-order valence-electron chi connectivity index (χ1n) is 9.73. The summed E-state index contributed by atoms with van der Waals surface area (Å²) in [5, 5.41) is 3.93. The van der Waals surface area contributed by atoms with Crippen molar-refractivity contribution in [2.24, 2.45) is 0 Å². The fourth-order valence-electron chi connectivity index (χ4n) is 3.64. The maximum Gasteiger partial charge on any atom is 0.258 e. The normalized spacial score (nSPS) is 12.6. The molecule has 2 heterocycles. The van der Waals surface area contributed by atoms with E-state index in [0.29, 0.717) is 36.0 Å². The van der Waals surface area contributed by atoms with E-state index in [2.05, 4.69) is 5.16 Å². The number of anilines is 1. The second kappa shape index (κ2) is 8.10. The highest BCUT2D eigenvalue weighted by atomic mass is 16.5. The highest BCUT2D eigenvalue weighted by molar-refractivity contribution is 6.07. The van der Waals surface area contributed by atoms with Gasteiger partial charge in [0.2, 0.25) is 0 Å². The first kappa shape index (κ1) is 19.8. The molecule has 0 spiro atoms. The summed E-state index contributed by atoms with van der Waals surface area (Å²) in [4.78, 5) is 14.9. The Labute approximate surface area is 175 Å². The number of hydrogen-bond acceptors (Lipinski definition) is 6. The summed E-state index contributed by atoms with van der Waals surface area (Å²) < 4.78 is 21.7. The highest BCUT2D eigenvalue weighted by Gasteiger charge is 2.27. The zero-order valence-corrected chi connectivity index (χ0v) is 17.5. The van der Waals surface area contributed by atoms with E-state index in [-0.39, 0.29) is 5.91 Å². The van der Waals surface area contributed by atoms with Crippen molar-refractivity contribution in [3.8, 4) is 17.2 Å². The average molecular weight is 408 g/mol. The molecule has 1 amide bonds. The number of benzene rings is 2. The second-order valence-electron chi connectivity index (χ2n) is 7.16. The van der Waals surface area contributed by atoms with Crippen molar-refractivity contribution in [1.29, 1.82) is 0 Å². The van der Waals surface area contributed by atoms with Crippen molar-refractivity contribution in [1.82, 2.24) is 5.16 Å². The van der Waals surface area contributed by atoms with Gasteiger partial charge in [-0.15, -0.1) is 0 Å². The number of aromatic nitrogens is 1. The summed E-state index contributed by atoms with van der Waals surface area (Å²) in [7, 11) is 3.20. The maximum atomic E-state index is 13.1. The van der Waals surface area contributed by atoms with Crippen LogP contribution in [0.25, 0.3) is 0 Å². The summed E-state index contributed by atoms with van der Waals surface area (Å²) in [5.74, 6) is 2.65. The molecule has 7 heteroatoms. The minimum atomic E-state index is -0.0572. The van der Waals surface area contributed by atoms with Crippen molar-refractivity contribution in [3.63, 3.8) is 0 Å². The molecule has 0 atom stereocenters. The first-order valence-corrected chi connectivity index (χ1v) is 9.73. The Morgan fingerprint density at radius 3 is 2.43 bits per heavy atom. The van der Waals surface area contributed by atoms with Gasteiger partial charge < -0.3 is 23.6 Å². The zero-order chi connectivity index (χ0) is 21.3. The van der Waals surface area contributed by atoms with Gasteiger partial charge in [-0.1, -0.05) is 5.16 Å². The first-order chi connectivity index (χ1) is 14.5. The molecule has 0 fully saturated rings. The summed E-state index contributed by atoms with van der Waals surface area (Å²) >= 11 is 0. The van der Waals surface area contributed by atoms with Crippen LogP contribution in [-0.4, -0.2) is 31.8 Å². The number of hydrogen-bond donors (Lipinski definition) is 0. The van der Waals surface area contributed by atoms with E-state index in [1.165, 1.54) is 0 Å². The Morgan fingerprint density at radius 2 is 1.80 bits per heavy atom. The van der Waals surface area contributed by atoms with Gasteiger partial charge in [0.25, 0.3) is 5.91 Å². The number of fused-ring (bicyclic) bond motifs is 1. The van der Waals surface area contributed by atoms with Crippen molar-refractivity contribution in [2.75, 3.05) is 25.7 Å². The number of nitrogens with zero attached hydrogens (tertiary/aromatic N) is 2. The molecule has 0 aliphatic carbocycles. The number of carbonyl (C=O) groups excluding carboxylic acids is 1. The van der Waals surface area contributed by atoms with Crippen LogP contribution in [0.3, 0.4) is 0 Å². The number of amides is 1. The predicted octanol–water partition coefficient (Wildman–Crippen LogP) is 4.09.